The fourth-order valence-corrected chi connectivity index (χ4v) is 1.36. The summed E-state index contributed by atoms with van der Waals surface area (Å²) in [5, 5.41) is 0. The normalized spacial score (nSPS) is 10.2. The summed E-state index contributed by atoms with van der Waals surface area (Å²) >= 11 is 0. The van der Waals surface area contributed by atoms with Crippen LogP contribution in [-0.4, -0.2) is 20.7 Å². The Balaban J connectivity index is 3.44. The summed E-state index contributed by atoms with van der Waals surface area (Å²) in [4.78, 5) is 10.4. The van der Waals surface area contributed by atoms with E-state index in [4.69, 9.17) is 4.74 Å². The van der Waals surface area contributed by atoms with Crippen molar-refractivity contribution in [1.29, 1.82) is 0 Å². The van der Waals surface area contributed by atoms with Crippen molar-refractivity contribution in [2.24, 2.45) is 0 Å². The molecule has 0 saturated carbocycles. The lowest BCUT2D eigenvalue weighted by molar-refractivity contribution is -0.141. The second-order valence-electron chi connectivity index (χ2n) is 4.00. The maximum Gasteiger partial charge on any atom is 0.302 e. The van der Waals surface area contributed by atoms with E-state index in [-0.39, 0.29) is 5.97 Å². The second-order valence-corrected chi connectivity index (χ2v) is 8.75. The molecule has 0 aliphatic heterocycles. The maximum absolute atomic E-state index is 10.4. The van der Waals surface area contributed by atoms with Crippen molar-refractivity contribution < 1.29 is 9.53 Å². The van der Waals surface area contributed by atoms with Gasteiger partial charge in [0.1, 0.15) is 8.07 Å². The SMILES string of the molecule is CC(=O)OCCCC#C[Si](C)(C)C. The van der Waals surface area contributed by atoms with Gasteiger partial charge >= 0.3 is 5.97 Å². The van der Waals surface area contributed by atoms with E-state index in [1.165, 1.54) is 6.92 Å². The van der Waals surface area contributed by atoms with Crippen molar-refractivity contribution in [3.8, 4) is 11.5 Å². The summed E-state index contributed by atoms with van der Waals surface area (Å²) in [6, 6.07) is 0. The third-order valence-corrected chi connectivity index (χ3v) is 2.14. The molecule has 0 spiro atoms. The number of rotatable bonds is 3. The van der Waals surface area contributed by atoms with Crippen LogP contribution in [0.2, 0.25) is 19.6 Å². The topological polar surface area (TPSA) is 26.3 Å². The van der Waals surface area contributed by atoms with Crippen LogP contribution < -0.4 is 0 Å². The molecule has 0 aromatic carbocycles. The molecule has 3 heteroatoms. The fourth-order valence-electron chi connectivity index (χ4n) is 0.704. The van der Waals surface area contributed by atoms with Crippen LogP contribution in [0.15, 0.2) is 0 Å². The Hall–Kier alpha value is -0.753. The molecule has 0 bridgehead atoms. The highest BCUT2D eigenvalue weighted by Gasteiger charge is 2.06. The van der Waals surface area contributed by atoms with Gasteiger partial charge in [-0.1, -0.05) is 19.6 Å². The van der Waals surface area contributed by atoms with Crippen LogP contribution in [0.5, 0.6) is 0 Å². The van der Waals surface area contributed by atoms with Crippen LogP contribution >= 0.6 is 0 Å². The van der Waals surface area contributed by atoms with Gasteiger partial charge in [-0.05, 0) is 6.42 Å². The summed E-state index contributed by atoms with van der Waals surface area (Å²) in [7, 11) is -1.21. The molecule has 0 unspecified atom stereocenters. The first kappa shape index (κ1) is 12.2. The van der Waals surface area contributed by atoms with E-state index in [1.54, 1.807) is 0 Å². The van der Waals surface area contributed by atoms with Crippen molar-refractivity contribution in [3.63, 3.8) is 0 Å². The predicted octanol–water partition coefficient (Wildman–Crippen LogP) is 2.21. The summed E-state index contributed by atoms with van der Waals surface area (Å²) in [5.74, 6) is 2.91. The molecule has 0 atom stereocenters. The van der Waals surface area contributed by atoms with Crippen LogP contribution in [0.25, 0.3) is 0 Å². The lowest BCUT2D eigenvalue weighted by Crippen LogP contribution is -2.16. The van der Waals surface area contributed by atoms with Crippen LogP contribution in [0.4, 0.5) is 0 Å². The van der Waals surface area contributed by atoms with Crippen molar-refractivity contribution >= 4 is 14.0 Å². The Morgan fingerprint density at radius 3 is 2.46 bits per heavy atom. The molecular weight excluding hydrogens is 180 g/mol. The van der Waals surface area contributed by atoms with E-state index < -0.39 is 8.07 Å². The minimum absolute atomic E-state index is 0.210. The van der Waals surface area contributed by atoms with Gasteiger partial charge < -0.3 is 4.74 Å². The van der Waals surface area contributed by atoms with E-state index in [2.05, 4.69) is 31.1 Å². The van der Waals surface area contributed by atoms with Crippen LogP contribution in [0, 0.1) is 11.5 Å². The molecule has 0 aromatic rings. The van der Waals surface area contributed by atoms with E-state index in [9.17, 15) is 4.79 Å². The highest BCUT2D eigenvalue weighted by Crippen LogP contribution is 1.97. The number of ether oxygens (including phenoxy) is 1. The van der Waals surface area contributed by atoms with Crippen molar-refractivity contribution in [2.45, 2.75) is 39.4 Å². The number of esters is 1. The molecule has 0 amide bonds. The van der Waals surface area contributed by atoms with Gasteiger partial charge in [0, 0.05) is 13.3 Å². The van der Waals surface area contributed by atoms with Crippen molar-refractivity contribution in [1.82, 2.24) is 0 Å². The van der Waals surface area contributed by atoms with Crippen LogP contribution in [0.3, 0.4) is 0 Å². The molecule has 0 rings (SSSR count). The molecule has 0 aliphatic rings. The number of hydrogen-bond donors (Lipinski definition) is 0. The largest absolute Gasteiger partial charge is 0.466 e. The molecule has 0 radical (unpaired) electrons. The Bertz CT molecular complexity index is 217. The maximum atomic E-state index is 10.4. The third kappa shape index (κ3) is 11.2. The first-order chi connectivity index (χ1) is 5.92. The van der Waals surface area contributed by atoms with Crippen LogP contribution in [0.1, 0.15) is 19.8 Å². The van der Waals surface area contributed by atoms with Crippen molar-refractivity contribution in [3.05, 3.63) is 0 Å². The smallest absolute Gasteiger partial charge is 0.302 e. The third-order valence-electron chi connectivity index (χ3n) is 1.21. The van der Waals surface area contributed by atoms with E-state index in [1.807, 2.05) is 0 Å². The molecule has 0 aromatic heterocycles. The lowest BCUT2D eigenvalue weighted by Gasteiger charge is -2.03. The van der Waals surface area contributed by atoms with Gasteiger partial charge in [0.15, 0.2) is 0 Å². The Kier molecular flexibility index (Phi) is 5.48. The quantitative estimate of drug-likeness (QED) is 0.301. The minimum Gasteiger partial charge on any atom is -0.466 e. The first-order valence-corrected chi connectivity index (χ1v) is 8.05. The lowest BCUT2D eigenvalue weighted by atomic mass is 10.3. The molecule has 0 fully saturated rings. The fraction of sp³-hybridized carbons (Fsp3) is 0.700. The van der Waals surface area contributed by atoms with Gasteiger partial charge in [0.05, 0.1) is 6.61 Å². The van der Waals surface area contributed by atoms with Gasteiger partial charge in [0.25, 0.3) is 0 Å². The second kappa shape index (κ2) is 5.82. The number of unbranched alkanes of at least 4 members (excludes halogenated alkanes) is 1. The zero-order valence-electron chi connectivity index (χ0n) is 8.94. The molecular formula is C10H18O2Si. The average molecular weight is 198 g/mol. The van der Waals surface area contributed by atoms with Gasteiger partial charge in [-0.3, -0.25) is 4.79 Å². The number of hydrogen-bond acceptors (Lipinski definition) is 2. The highest BCUT2D eigenvalue weighted by atomic mass is 28.3. The van der Waals surface area contributed by atoms with E-state index >= 15 is 0 Å². The zero-order valence-corrected chi connectivity index (χ0v) is 9.94. The average Bonchev–Trinajstić information content (AvgIpc) is 1.93. The van der Waals surface area contributed by atoms with Gasteiger partial charge in [-0.25, -0.2) is 0 Å². The van der Waals surface area contributed by atoms with E-state index in [0.29, 0.717) is 6.61 Å². The molecule has 0 N–H and O–H groups in total. The van der Waals surface area contributed by atoms with Gasteiger partial charge in [-0.15, -0.1) is 11.5 Å². The van der Waals surface area contributed by atoms with Gasteiger partial charge in [-0.2, -0.15) is 0 Å². The molecule has 0 aliphatic carbocycles. The van der Waals surface area contributed by atoms with Gasteiger partial charge in [0.2, 0.25) is 0 Å². The molecule has 0 saturated heterocycles. The monoisotopic (exact) mass is 198 g/mol. The Morgan fingerprint density at radius 2 is 2.00 bits per heavy atom. The number of carbonyl (C=O) groups excluding carboxylic acids is 1. The minimum atomic E-state index is -1.21. The summed E-state index contributed by atoms with van der Waals surface area (Å²) in [5.41, 5.74) is 3.26. The Labute approximate surface area is 81.7 Å². The number of carbonyl (C=O) groups is 1. The standard InChI is InChI=1S/C10H18O2Si/c1-10(11)12-8-6-5-7-9-13(2,3)4/h5-6,8H2,1-4H3. The molecule has 0 heterocycles. The molecule has 74 valence electrons. The predicted molar refractivity (Wildman–Crippen MR) is 57.0 cm³/mol. The van der Waals surface area contributed by atoms with Crippen LogP contribution in [-0.2, 0) is 9.53 Å². The van der Waals surface area contributed by atoms with E-state index in [0.717, 1.165) is 12.8 Å². The molecule has 2 nitrogen and oxygen atoms in total. The summed E-state index contributed by atoms with van der Waals surface area (Å²) < 4.78 is 4.78. The van der Waals surface area contributed by atoms with Crippen molar-refractivity contribution in [2.75, 3.05) is 6.61 Å². The summed E-state index contributed by atoms with van der Waals surface area (Å²) in [6.07, 6.45) is 1.68. The summed E-state index contributed by atoms with van der Waals surface area (Å²) in [6.45, 7) is 8.56. The molecule has 13 heavy (non-hydrogen) atoms. The first-order valence-electron chi connectivity index (χ1n) is 4.55. The highest BCUT2D eigenvalue weighted by molar-refractivity contribution is 6.83. The zero-order chi connectivity index (χ0) is 10.3. The Morgan fingerprint density at radius 1 is 1.38 bits per heavy atom.